The Hall–Kier alpha value is -1.66. The van der Waals surface area contributed by atoms with Crippen LogP contribution in [-0.2, 0) is 9.53 Å². The summed E-state index contributed by atoms with van der Waals surface area (Å²) in [7, 11) is 0. The highest BCUT2D eigenvalue weighted by atomic mass is 32.1. The molecule has 0 aliphatic carbocycles. The van der Waals surface area contributed by atoms with Crippen LogP contribution in [0.5, 0.6) is 0 Å². The quantitative estimate of drug-likeness (QED) is 0.593. The van der Waals surface area contributed by atoms with Crippen LogP contribution >= 0.6 is 11.3 Å². The first-order valence-electron chi connectivity index (χ1n) is 5.89. The molecule has 0 aliphatic heterocycles. The fraction of sp³-hybridized carbons (Fsp3) is 0.385. The van der Waals surface area contributed by atoms with Gasteiger partial charge in [-0.15, -0.1) is 11.3 Å². The largest absolute Gasteiger partial charge is 0.478 e. The Labute approximate surface area is 115 Å². The fourth-order valence-electron chi connectivity index (χ4n) is 1.34. The molecule has 1 rings (SSSR count). The first-order chi connectivity index (χ1) is 9.00. The molecule has 0 atom stereocenters. The maximum Gasteiger partial charge on any atom is 0.328 e. The van der Waals surface area contributed by atoms with Gasteiger partial charge in [-0.25, -0.2) is 4.79 Å². The van der Waals surface area contributed by atoms with Crippen molar-refractivity contribution in [2.45, 2.75) is 20.0 Å². The van der Waals surface area contributed by atoms with Gasteiger partial charge in [0.1, 0.15) is 0 Å². The van der Waals surface area contributed by atoms with Gasteiger partial charge in [0, 0.05) is 12.6 Å². The van der Waals surface area contributed by atoms with Crippen molar-refractivity contribution in [2.24, 2.45) is 0 Å². The van der Waals surface area contributed by atoms with E-state index >= 15 is 0 Å². The topological polar surface area (TPSA) is 75.6 Å². The predicted molar refractivity (Wildman–Crippen MR) is 74.4 cm³/mol. The van der Waals surface area contributed by atoms with Crippen molar-refractivity contribution in [2.75, 3.05) is 13.2 Å². The van der Waals surface area contributed by atoms with E-state index in [1.54, 1.807) is 11.4 Å². The van der Waals surface area contributed by atoms with Crippen LogP contribution in [0.2, 0.25) is 0 Å². The van der Waals surface area contributed by atoms with Crippen molar-refractivity contribution in [1.29, 1.82) is 0 Å². The lowest BCUT2D eigenvalue weighted by Gasteiger charge is -2.08. The van der Waals surface area contributed by atoms with E-state index in [4.69, 9.17) is 9.84 Å². The number of rotatable bonds is 7. The second kappa shape index (κ2) is 7.70. The lowest BCUT2D eigenvalue weighted by atomic mass is 10.2. The van der Waals surface area contributed by atoms with E-state index < -0.39 is 5.97 Å². The molecule has 104 valence electrons. The third-order valence-electron chi connectivity index (χ3n) is 2.15. The summed E-state index contributed by atoms with van der Waals surface area (Å²) in [5.74, 6) is -1.25. The van der Waals surface area contributed by atoms with Crippen LogP contribution in [-0.4, -0.2) is 36.2 Å². The summed E-state index contributed by atoms with van der Waals surface area (Å²) in [6.45, 7) is 4.73. The Bertz CT molecular complexity index is 465. The number of thiophene rings is 1. The van der Waals surface area contributed by atoms with Crippen LogP contribution in [0.3, 0.4) is 0 Å². The number of carbonyl (C=O) groups is 2. The molecule has 19 heavy (non-hydrogen) atoms. The second-order valence-corrected chi connectivity index (χ2v) is 4.97. The molecule has 0 radical (unpaired) electrons. The van der Waals surface area contributed by atoms with E-state index in [0.29, 0.717) is 23.6 Å². The van der Waals surface area contributed by atoms with Crippen molar-refractivity contribution in [3.05, 3.63) is 28.0 Å². The number of ether oxygens (including phenoxy) is 1. The normalized spacial score (nSPS) is 11.1. The molecule has 0 bridgehead atoms. The van der Waals surface area contributed by atoms with Crippen LogP contribution in [0.15, 0.2) is 17.5 Å². The Balaban J connectivity index is 2.53. The molecular formula is C13H17NO4S. The molecule has 0 saturated carbocycles. The first-order valence-corrected chi connectivity index (χ1v) is 6.77. The van der Waals surface area contributed by atoms with Gasteiger partial charge in [0.25, 0.3) is 5.91 Å². The molecule has 0 aliphatic rings. The van der Waals surface area contributed by atoms with E-state index in [1.165, 1.54) is 17.4 Å². The van der Waals surface area contributed by atoms with Crippen LogP contribution in [0.1, 0.15) is 29.1 Å². The lowest BCUT2D eigenvalue weighted by Crippen LogP contribution is -2.27. The average molecular weight is 283 g/mol. The summed E-state index contributed by atoms with van der Waals surface area (Å²) in [5, 5.41) is 13.1. The van der Waals surface area contributed by atoms with E-state index in [0.717, 1.165) is 6.08 Å². The summed E-state index contributed by atoms with van der Waals surface area (Å²) in [4.78, 5) is 22.8. The molecule has 0 saturated heterocycles. The molecular weight excluding hydrogens is 266 g/mol. The van der Waals surface area contributed by atoms with Gasteiger partial charge in [0.05, 0.1) is 17.6 Å². The van der Waals surface area contributed by atoms with Gasteiger partial charge in [-0.2, -0.15) is 0 Å². The number of aliphatic carboxylic acids is 1. The second-order valence-electron chi connectivity index (χ2n) is 4.05. The maximum atomic E-state index is 11.9. The SMILES string of the molecule is CC(C)OCCNC(=O)c1sccc1/C=C/C(=O)O. The van der Waals surface area contributed by atoms with Gasteiger partial charge in [0.15, 0.2) is 0 Å². The molecule has 0 aromatic carbocycles. The third kappa shape index (κ3) is 5.67. The predicted octanol–water partition coefficient (Wildman–Crippen LogP) is 2.00. The number of carbonyl (C=O) groups excluding carboxylic acids is 1. The van der Waals surface area contributed by atoms with Gasteiger partial charge in [-0.3, -0.25) is 4.79 Å². The van der Waals surface area contributed by atoms with Gasteiger partial charge < -0.3 is 15.2 Å². The maximum absolute atomic E-state index is 11.9. The lowest BCUT2D eigenvalue weighted by molar-refractivity contribution is -0.131. The number of amides is 1. The fourth-order valence-corrected chi connectivity index (χ4v) is 2.14. The molecule has 1 aromatic rings. The monoisotopic (exact) mass is 283 g/mol. The minimum Gasteiger partial charge on any atom is -0.478 e. The smallest absolute Gasteiger partial charge is 0.328 e. The van der Waals surface area contributed by atoms with Crippen LogP contribution in [0.4, 0.5) is 0 Å². The number of nitrogens with one attached hydrogen (secondary N) is 1. The summed E-state index contributed by atoms with van der Waals surface area (Å²) in [6, 6.07) is 1.71. The van der Waals surface area contributed by atoms with Crippen LogP contribution in [0.25, 0.3) is 6.08 Å². The van der Waals surface area contributed by atoms with E-state index in [2.05, 4.69) is 5.32 Å². The molecule has 0 unspecified atom stereocenters. The number of carboxylic acid groups (broad SMARTS) is 1. The number of carboxylic acids is 1. The van der Waals surface area contributed by atoms with Crippen molar-refractivity contribution < 1.29 is 19.4 Å². The number of hydrogen-bond donors (Lipinski definition) is 2. The highest BCUT2D eigenvalue weighted by Crippen LogP contribution is 2.18. The first kappa shape index (κ1) is 15.4. The van der Waals surface area contributed by atoms with Crippen LogP contribution in [0, 0.1) is 0 Å². The zero-order valence-electron chi connectivity index (χ0n) is 10.9. The molecule has 0 fully saturated rings. The van der Waals surface area contributed by atoms with Gasteiger partial charge in [-0.1, -0.05) is 0 Å². The Morgan fingerprint density at radius 3 is 2.89 bits per heavy atom. The highest BCUT2D eigenvalue weighted by Gasteiger charge is 2.11. The average Bonchev–Trinajstić information content (AvgIpc) is 2.79. The minimum atomic E-state index is -1.04. The molecule has 6 heteroatoms. The zero-order chi connectivity index (χ0) is 14.3. The van der Waals surface area contributed by atoms with Gasteiger partial charge in [0.2, 0.25) is 0 Å². The summed E-state index contributed by atoms with van der Waals surface area (Å²) in [5.41, 5.74) is 0.606. The Morgan fingerprint density at radius 1 is 1.53 bits per heavy atom. The van der Waals surface area contributed by atoms with E-state index in [-0.39, 0.29) is 12.0 Å². The third-order valence-corrected chi connectivity index (χ3v) is 3.08. The molecule has 1 heterocycles. The molecule has 5 nitrogen and oxygen atoms in total. The minimum absolute atomic E-state index is 0.132. The van der Waals surface area contributed by atoms with Crippen molar-refractivity contribution >= 4 is 29.3 Å². The van der Waals surface area contributed by atoms with E-state index in [9.17, 15) is 9.59 Å². The van der Waals surface area contributed by atoms with Crippen molar-refractivity contribution in [3.63, 3.8) is 0 Å². The van der Waals surface area contributed by atoms with Crippen molar-refractivity contribution in [1.82, 2.24) is 5.32 Å². The van der Waals surface area contributed by atoms with E-state index in [1.807, 2.05) is 13.8 Å². The molecule has 1 aromatic heterocycles. The van der Waals surface area contributed by atoms with Gasteiger partial charge >= 0.3 is 5.97 Å². The Kier molecular flexibility index (Phi) is 6.24. The highest BCUT2D eigenvalue weighted by molar-refractivity contribution is 7.12. The molecule has 2 N–H and O–H groups in total. The van der Waals surface area contributed by atoms with Crippen molar-refractivity contribution in [3.8, 4) is 0 Å². The molecule has 1 amide bonds. The zero-order valence-corrected chi connectivity index (χ0v) is 11.7. The summed E-state index contributed by atoms with van der Waals surface area (Å²) in [6.07, 6.45) is 2.56. The summed E-state index contributed by atoms with van der Waals surface area (Å²) >= 11 is 1.28. The standard InChI is InChI=1S/C13H17NO4S/c1-9(2)18-7-6-14-13(17)12-10(5-8-19-12)3-4-11(15)16/h3-5,8-9H,6-7H2,1-2H3,(H,14,17)(H,15,16)/b4-3+. The van der Waals surface area contributed by atoms with Crippen LogP contribution < -0.4 is 5.32 Å². The summed E-state index contributed by atoms with van der Waals surface area (Å²) < 4.78 is 5.32. The van der Waals surface area contributed by atoms with Gasteiger partial charge in [-0.05, 0) is 36.9 Å². The Morgan fingerprint density at radius 2 is 2.26 bits per heavy atom. The number of hydrogen-bond acceptors (Lipinski definition) is 4. The molecule has 0 spiro atoms.